The Bertz CT molecular complexity index is 72.8. The Morgan fingerprint density at radius 3 is 2.75 bits per heavy atom. The van der Waals surface area contributed by atoms with E-state index in [0.29, 0.717) is 6.42 Å². The van der Waals surface area contributed by atoms with E-state index in [4.69, 9.17) is 0 Å². The van der Waals surface area contributed by atoms with Gasteiger partial charge in [-0.3, -0.25) is 0 Å². The van der Waals surface area contributed by atoms with Crippen molar-refractivity contribution in [3.05, 3.63) is 0 Å². The third kappa shape index (κ3) is 4.37. The molecule has 0 unspecified atom stereocenters. The van der Waals surface area contributed by atoms with E-state index in [9.17, 15) is 4.79 Å². The van der Waals surface area contributed by atoms with Crippen LogP contribution in [0.25, 0.3) is 0 Å². The van der Waals surface area contributed by atoms with Gasteiger partial charge in [0.1, 0.15) is 0 Å². The van der Waals surface area contributed by atoms with Crippen molar-refractivity contribution in [3.8, 4) is 0 Å². The summed E-state index contributed by atoms with van der Waals surface area (Å²) < 4.78 is 4.36. The Morgan fingerprint density at radius 1 is 1.75 bits per heavy atom. The molecular formula is C5H9AuO2. The van der Waals surface area contributed by atoms with Crippen LogP contribution in [-0.2, 0) is 29.5 Å². The van der Waals surface area contributed by atoms with Gasteiger partial charge in [0.2, 0.25) is 0 Å². The number of hydrogen-bond donors (Lipinski definition) is 0. The summed E-state index contributed by atoms with van der Waals surface area (Å²) in [5, 5.41) is 0. The first-order valence-corrected chi connectivity index (χ1v) is 3.48. The summed E-state index contributed by atoms with van der Waals surface area (Å²) in [7, 11) is 0. The van der Waals surface area contributed by atoms with Gasteiger partial charge in [-0.2, -0.15) is 0 Å². The molecule has 0 bridgehead atoms. The van der Waals surface area contributed by atoms with Crippen molar-refractivity contribution in [1.29, 1.82) is 0 Å². The van der Waals surface area contributed by atoms with E-state index >= 15 is 0 Å². The summed E-state index contributed by atoms with van der Waals surface area (Å²) in [5.41, 5.74) is 0. The molecule has 0 spiro atoms. The SMILES string of the molecule is CCCCC(=O)[O][Au]. The van der Waals surface area contributed by atoms with Crippen LogP contribution in [0.4, 0.5) is 0 Å². The summed E-state index contributed by atoms with van der Waals surface area (Å²) in [6, 6.07) is 0. The van der Waals surface area contributed by atoms with Gasteiger partial charge in [0.25, 0.3) is 0 Å². The molecule has 8 heavy (non-hydrogen) atoms. The summed E-state index contributed by atoms with van der Waals surface area (Å²) in [6.45, 7) is 2.04. The fourth-order valence-electron chi connectivity index (χ4n) is 0.352. The third-order valence-electron chi connectivity index (χ3n) is 0.803. The monoisotopic (exact) mass is 298 g/mol. The Kier molecular flexibility index (Phi) is 5.49. The topological polar surface area (TPSA) is 26.3 Å². The van der Waals surface area contributed by atoms with Crippen molar-refractivity contribution in [2.24, 2.45) is 0 Å². The fraction of sp³-hybridized carbons (Fsp3) is 0.800. The fourth-order valence-corrected chi connectivity index (χ4v) is 0.573. The van der Waals surface area contributed by atoms with Gasteiger partial charge in [0.15, 0.2) is 0 Å². The molecular weight excluding hydrogens is 289 g/mol. The van der Waals surface area contributed by atoms with Crippen LogP contribution in [-0.4, -0.2) is 5.97 Å². The molecule has 0 radical (unpaired) electrons. The standard InChI is InChI=1S/C5H10O2.Au/c1-2-3-4-5(6)7;/h2-4H2,1H3,(H,6,7);/q;+1/p-1. The van der Waals surface area contributed by atoms with Crippen LogP contribution in [0.15, 0.2) is 0 Å². The van der Waals surface area contributed by atoms with Crippen molar-refractivity contribution < 1.29 is 29.5 Å². The predicted octanol–water partition coefficient (Wildman–Crippen LogP) is 1.18. The molecule has 0 aromatic heterocycles. The summed E-state index contributed by atoms with van der Waals surface area (Å²) in [4.78, 5) is 10.3. The zero-order chi connectivity index (χ0) is 6.41. The molecule has 0 aromatic carbocycles. The zero-order valence-corrected chi connectivity index (χ0v) is 6.91. The van der Waals surface area contributed by atoms with E-state index in [-0.39, 0.29) is 5.97 Å². The first kappa shape index (κ1) is 8.21. The Balaban J connectivity index is 2.99. The Labute approximate surface area is 62.0 Å². The molecule has 0 rings (SSSR count). The van der Waals surface area contributed by atoms with Crippen LogP contribution in [0.2, 0.25) is 0 Å². The van der Waals surface area contributed by atoms with Gasteiger partial charge in [-0.05, 0) is 0 Å². The van der Waals surface area contributed by atoms with Gasteiger partial charge in [0.05, 0.1) is 0 Å². The Morgan fingerprint density at radius 2 is 2.38 bits per heavy atom. The average Bonchev–Trinajstić information content (AvgIpc) is 1.83. The molecule has 0 aromatic rings. The second kappa shape index (κ2) is 5.35. The molecule has 0 atom stereocenters. The molecule has 0 N–H and O–H groups in total. The molecule has 0 amide bonds. The molecule has 0 aliphatic carbocycles. The summed E-state index contributed by atoms with van der Waals surface area (Å²) in [5.74, 6) is -0.129. The normalized spacial score (nSPS) is 8.88. The van der Waals surface area contributed by atoms with Gasteiger partial charge in [-0.1, -0.05) is 0 Å². The minimum absolute atomic E-state index is 0.129. The molecule has 0 aliphatic rings. The van der Waals surface area contributed by atoms with Crippen LogP contribution in [0.5, 0.6) is 0 Å². The molecule has 3 heteroatoms. The van der Waals surface area contributed by atoms with Gasteiger partial charge >= 0.3 is 61.7 Å². The van der Waals surface area contributed by atoms with Crippen molar-refractivity contribution in [2.75, 3.05) is 0 Å². The number of unbranched alkanes of at least 4 members (excludes halogenated alkanes) is 1. The number of rotatable bonds is 3. The first-order valence-electron chi connectivity index (χ1n) is 2.59. The zero-order valence-electron chi connectivity index (χ0n) is 4.74. The molecule has 0 saturated heterocycles. The first-order chi connectivity index (χ1) is 3.81. The van der Waals surface area contributed by atoms with E-state index < -0.39 is 0 Å². The van der Waals surface area contributed by atoms with E-state index in [1.165, 1.54) is 0 Å². The van der Waals surface area contributed by atoms with Gasteiger partial charge in [0, 0.05) is 0 Å². The van der Waals surface area contributed by atoms with E-state index in [1.54, 1.807) is 21.5 Å². The van der Waals surface area contributed by atoms with Gasteiger partial charge in [-0.15, -0.1) is 0 Å². The van der Waals surface area contributed by atoms with Crippen LogP contribution in [0.3, 0.4) is 0 Å². The quantitative estimate of drug-likeness (QED) is 0.732. The maximum atomic E-state index is 10.3. The van der Waals surface area contributed by atoms with E-state index in [0.717, 1.165) is 12.8 Å². The van der Waals surface area contributed by atoms with Crippen molar-refractivity contribution in [2.45, 2.75) is 26.2 Å². The minimum atomic E-state index is -0.129. The van der Waals surface area contributed by atoms with Crippen LogP contribution in [0, 0.1) is 0 Å². The van der Waals surface area contributed by atoms with Crippen molar-refractivity contribution >= 4 is 5.97 Å². The van der Waals surface area contributed by atoms with Crippen molar-refractivity contribution in [1.82, 2.24) is 0 Å². The Hall–Kier alpha value is 0.210. The number of carbonyl (C=O) groups is 1. The molecule has 2 nitrogen and oxygen atoms in total. The molecule has 52 valence electrons. The molecule has 0 saturated carbocycles. The summed E-state index contributed by atoms with van der Waals surface area (Å²) >= 11 is 1.76. The third-order valence-corrected chi connectivity index (χ3v) is 1.30. The van der Waals surface area contributed by atoms with Crippen LogP contribution >= 0.6 is 0 Å². The maximum absolute atomic E-state index is 10.3. The molecule has 0 heterocycles. The number of carbonyl (C=O) groups excluding carboxylic acids is 1. The van der Waals surface area contributed by atoms with Gasteiger partial charge in [-0.25, -0.2) is 0 Å². The molecule has 0 aliphatic heterocycles. The second-order valence-corrected chi connectivity index (χ2v) is 1.98. The van der Waals surface area contributed by atoms with Crippen LogP contribution < -0.4 is 0 Å². The summed E-state index contributed by atoms with van der Waals surface area (Å²) in [6.07, 6.45) is 2.52. The van der Waals surface area contributed by atoms with Crippen molar-refractivity contribution in [3.63, 3.8) is 0 Å². The molecule has 0 fully saturated rings. The second-order valence-electron chi connectivity index (χ2n) is 1.54. The van der Waals surface area contributed by atoms with E-state index in [2.05, 4.69) is 3.24 Å². The number of hydrogen-bond acceptors (Lipinski definition) is 2. The van der Waals surface area contributed by atoms with Crippen LogP contribution in [0.1, 0.15) is 26.2 Å². The van der Waals surface area contributed by atoms with Gasteiger partial charge < -0.3 is 0 Å². The average molecular weight is 298 g/mol. The van der Waals surface area contributed by atoms with E-state index in [1.807, 2.05) is 6.92 Å². The predicted molar refractivity (Wildman–Crippen MR) is 25.6 cm³/mol.